The fraction of sp³-hybridized carbons (Fsp3) is 0.387. The molecule has 2 aromatic rings. The summed E-state index contributed by atoms with van der Waals surface area (Å²) in [4.78, 5) is 65.0. The minimum Gasteiger partial charge on any atom is -0.504 e. The summed E-state index contributed by atoms with van der Waals surface area (Å²) in [5, 5.41) is 10.4. The number of ether oxygens (including phenoxy) is 1. The molecule has 2 heterocycles. The van der Waals surface area contributed by atoms with Gasteiger partial charge in [-0.2, -0.15) is 0 Å². The Morgan fingerprint density at radius 2 is 1.71 bits per heavy atom. The van der Waals surface area contributed by atoms with Gasteiger partial charge in [-0.3, -0.25) is 33.8 Å². The van der Waals surface area contributed by atoms with E-state index in [1.165, 1.54) is 20.0 Å². The average molecular weight is 611 g/mol. The number of hydrogen-bond donors (Lipinski definition) is 1. The number of Topliss-reactive ketones (excluding diaryl/α,β-unsaturated/α-hetero) is 1. The molecule has 4 aliphatic rings. The second-order valence-corrected chi connectivity index (χ2v) is 12.5. The molecule has 11 heteroatoms. The van der Waals surface area contributed by atoms with Gasteiger partial charge < -0.3 is 9.84 Å². The molecule has 9 nitrogen and oxygen atoms in total. The first-order valence-electron chi connectivity index (χ1n) is 13.7. The normalized spacial score (nSPS) is 32.0. The Morgan fingerprint density at radius 3 is 2.36 bits per heavy atom. The van der Waals surface area contributed by atoms with Gasteiger partial charge in [0.25, 0.3) is 11.8 Å². The number of carbonyl (C=O) groups excluding carboxylic acids is 5. The predicted octanol–water partition coefficient (Wildman–Crippen LogP) is 4.19. The third-order valence-corrected chi connectivity index (χ3v) is 10.6. The first-order valence-corrected chi connectivity index (χ1v) is 14.5. The van der Waals surface area contributed by atoms with Gasteiger partial charge in [0.2, 0.25) is 11.8 Å². The van der Waals surface area contributed by atoms with Crippen LogP contribution in [0.1, 0.15) is 48.5 Å². The van der Waals surface area contributed by atoms with E-state index in [-0.39, 0.29) is 42.6 Å². The summed E-state index contributed by atoms with van der Waals surface area (Å²) in [6, 6.07) is 10.8. The molecule has 218 valence electrons. The van der Waals surface area contributed by atoms with Gasteiger partial charge in [0.1, 0.15) is 0 Å². The maximum absolute atomic E-state index is 14.1. The molecule has 0 bridgehead atoms. The van der Waals surface area contributed by atoms with Crippen molar-refractivity contribution in [3.05, 3.63) is 65.2 Å². The van der Waals surface area contributed by atoms with Gasteiger partial charge in [0.05, 0.1) is 24.1 Å². The number of phenols is 1. The highest BCUT2D eigenvalue weighted by Gasteiger charge is 2.75. The summed E-state index contributed by atoms with van der Waals surface area (Å²) in [6.45, 7) is 3.46. The van der Waals surface area contributed by atoms with Gasteiger partial charge in [-0.25, -0.2) is 0 Å². The van der Waals surface area contributed by atoms with E-state index in [1.54, 1.807) is 43.3 Å². The minimum atomic E-state index is -1.93. The third-order valence-electron chi connectivity index (χ3n) is 9.16. The molecule has 0 aromatic heterocycles. The van der Waals surface area contributed by atoms with Crippen molar-refractivity contribution in [1.82, 2.24) is 4.90 Å². The maximum Gasteiger partial charge on any atom is 0.253 e. The molecule has 2 aromatic carbocycles. The Bertz CT molecular complexity index is 1600. The number of alkyl halides is 2. The van der Waals surface area contributed by atoms with E-state index in [0.717, 1.165) is 9.80 Å². The molecule has 6 rings (SSSR count). The van der Waals surface area contributed by atoms with Crippen LogP contribution in [0, 0.1) is 17.8 Å². The SMILES string of the molecule is CCOc1cc(C2C3=CCC4C(=O)N(c5ccc(C(C)=O)cc5)C(=O)C4C3CC3(Cl)C(=O)N(C)C(=O)C23Cl)ccc1O. The number of ketones is 1. The highest BCUT2D eigenvalue weighted by Crippen LogP contribution is 2.65. The number of fused-ring (bicyclic) bond motifs is 4. The quantitative estimate of drug-likeness (QED) is 0.233. The number of benzene rings is 2. The Balaban J connectivity index is 1.48. The Morgan fingerprint density at radius 1 is 1.02 bits per heavy atom. The van der Waals surface area contributed by atoms with Crippen LogP contribution < -0.4 is 9.64 Å². The highest BCUT2D eigenvalue weighted by atomic mass is 35.5. The summed E-state index contributed by atoms with van der Waals surface area (Å²) in [6.07, 6.45) is 1.94. The standard InChI is InChI=1S/C31H28Cl2N2O7/c1-4-42-23-13-17(7-12-22(23)37)25-19-10-11-20-24(21(19)14-30(32)28(40)34(3)29(41)31(25,30)33)27(39)35(26(20)38)18-8-5-16(6-9-18)15(2)36/h5-10,12-13,20-21,24-25,37H,4,11,14H2,1-3H3. The topological polar surface area (TPSA) is 121 Å². The van der Waals surface area contributed by atoms with Gasteiger partial charge in [0, 0.05) is 18.5 Å². The van der Waals surface area contributed by atoms with Crippen LogP contribution in [0.4, 0.5) is 5.69 Å². The van der Waals surface area contributed by atoms with Crippen LogP contribution in [-0.4, -0.2) is 62.8 Å². The molecule has 42 heavy (non-hydrogen) atoms. The second-order valence-electron chi connectivity index (χ2n) is 11.3. The van der Waals surface area contributed by atoms with Gasteiger partial charge in [-0.1, -0.05) is 17.7 Å². The van der Waals surface area contributed by atoms with Crippen LogP contribution in [0.25, 0.3) is 0 Å². The molecule has 4 amide bonds. The molecule has 2 aliphatic heterocycles. The summed E-state index contributed by atoms with van der Waals surface area (Å²) >= 11 is 14.4. The number of amides is 4. The lowest BCUT2D eigenvalue weighted by atomic mass is 9.56. The van der Waals surface area contributed by atoms with Gasteiger partial charge in [0.15, 0.2) is 27.0 Å². The van der Waals surface area contributed by atoms with Crippen LogP contribution in [0.3, 0.4) is 0 Å². The van der Waals surface area contributed by atoms with Crippen molar-refractivity contribution < 1.29 is 33.8 Å². The molecule has 6 atom stereocenters. The van der Waals surface area contributed by atoms with E-state index >= 15 is 0 Å². The fourth-order valence-electron chi connectivity index (χ4n) is 7.20. The van der Waals surface area contributed by atoms with Crippen LogP contribution in [0.5, 0.6) is 11.5 Å². The van der Waals surface area contributed by atoms with Crippen molar-refractivity contribution in [1.29, 1.82) is 0 Å². The largest absolute Gasteiger partial charge is 0.504 e. The van der Waals surface area contributed by atoms with E-state index in [1.807, 2.05) is 6.08 Å². The van der Waals surface area contributed by atoms with E-state index < -0.39 is 51.1 Å². The van der Waals surface area contributed by atoms with E-state index in [4.69, 9.17) is 27.9 Å². The Labute approximate surface area is 252 Å². The molecule has 0 spiro atoms. The number of anilines is 1. The lowest BCUT2D eigenvalue weighted by molar-refractivity contribution is -0.138. The van der Waals surface area contributed by atoms with Crippen molar-refractivity contribution in [3.8, 4) is 11.5 Å². The average Bonchev–Trinajstić information content (AvgIpc) is 3.29. The molecule has 1 saturated carbocycles. The number of carbonyl (C=O) groups is 5. The van der Waals surface area contributed by atoms with Crippen LogP contribution in [-0.2, 0) is 19.2 Å². The molecule has 2 aliphatic carbocycles. The monoisotopic (exact) mass is 610 g/mol. The molecule has 0 radical (unpaired) electrons. The van der Waals surface area contributed by atoms with Gasteiger partial charge in [-0.05, 0) is 74.6 Å². The Kier molecular flexibility index (Phi) is 6.55. The lowest BCUT2D eigenvalue weighted by Gasteiger charge is -2.50. The highest BCUT2D eigenvalue weighted by molar-refractivity contribution is 6.53. The molecule has 3 fully saturated rings. The number of phenolic OH excluding ortho intramolecular Hbond substituents is 1. The third kappa shape index (κ3) is 3.65. The molecule has 1 N–H and O–H groups in total. The zero-order valence-electron chi connectivity index (χ0n) is 23.1. The zero-order valence-corrected chi connectivity index (χ0v) is 24.6. The number of hydrogen-bond acceptors (Lipinski definition) is 7. The van der Waals surface area contributed by atoms with Crippen molar-refractivity contribution in [2.45, 2.75) is 42.4 Å². The van der Waals surface area contributed by atoms with Crippen LogP contribution in [0.15, 0.2) is 54.1 Å². The summed E-state index contributed by atoms with van der Waals surface area (Å²) in [5.41, 5.74) is 1.92. The molecular weight excluding hydrogens is 583 g/mol. The van der Waals surface area contributed by atoms with Crippen molar-refractivity contribution in [2.24, 2.45) is 17.8 Å². The summed E-state index contributed by atoms with van der Waals surface area (Å²) in [7, 11) is 1.33. The number of rotatable bonds is 5. The predicted molar refractivity (Wildman–Crippen MR) is 154 cm³/mol. The Hall–Kier alpha value is -3.69. The molecule has 6 unspecified atom stereocenters. The van der Waals surface area contributed by atoms with E-state index in [0.29, 0.717) is 22.4 Å². The number of imide groups is 2. The van der Waals surface area contributed by atoms with Crippen molar-refractivity contribution in [2.75, 3.05) is 18.6 Å². The maximum atomic E-state index is 14.1. The minimum absolute atomic E-state index is 0.111. The van der Waals surface area contributed by atoms with Gasteiger partial charge >= 0.3 is 0 Å². The number of halogens is 2. The zero-order chi connectivity index (χ0) is 30.3. The van der Waals surface area contributed by atoms with Crippen LogP contribution in [0.2, 0.25) is 0 Å². The molecular formula is C31H28Cl2N2O7. The van der Waals surface area contributed by atoms with Crippen LogP contribution >= 0.6 is 23.2 Å². The first-order chi connectivity index (χ1) is 19.9. The molecule has 2 saturated heterocycles. The van der Waals surface area contributed by atoms with Crippen molar-refractivity contribution in [3.63, 3.8) is 0 Å². The smallest absolute Gasteiger partial charge is 0.253 e. The summed E-state index contributed by atoms with van der Waals surface area (Å²) in [5.74, 6) is -5.42. The number of aromatic hydroxyl groups is 1. The second kappa shape index (κ2) is 9.67. The summed E-state index contributed by atoms with van der Waals surface area (Å²) < 4.78 is 5.59. The first kappa shape index (κ1) is 28.4. The van der Waals surface area contributed by atoms with E-state index in [9.17, 15) is 29.1 Å². The number of nitrogens with zero attached hydrogens (tertiary/aromatic N) is 2. The fourth-order valence-corrected chi connectivity index (χ4v) is 8.22. The van der Waals surface area contributed by atoms with E-state index in [2.05, 4.69) is 0 Å². The number of likely N-dealkylation sites (tertiary alicyclic amines) is 1. The lowest BCUT2D eigenvalue weighted by Crippen LogP contribution is -2.60. The van der Waals surface area contributed by atoms with Gasteiger partial charge in [-0.15, -0.1) is 23.2 Å². The number of allylic oxidation sites excluding steroid dienone is 2. The van der Waals surface area contributed by atoms with Crippen molar-refractivity contribution >= 4 is 58.3 Å².